The van der Waals surface area contributed by atoms with E-state index >= 15 is 0 Å². The predicted molar refractivity (Wildman–Crippen MR) is 61.3 cm³/mol. The molecular weight excluding hydrogens is 158 g/mol. The van der Waals surface area contributed by atoms with Crippen LogP contribution in [0.15, 0.2) is 24.3 Å². The highest BCUT2D eigenvalue weighted by Crippen LogP contribution is 2.14. The Morgan fingerprint density at radius 3 is 2.23 bits per heavy atom. The van der Waals surface area contributed by atoms with Crippen LogP contribution in [0.3, 0.4) is 0 Å². The lowest BCUT2D eigenvalue weighted by molar-refractivity contribution is 1.11. The van der Waals surface area contributed by atoms with E-state index in [9.17, 15) is 0 Å². The lowest BCUT2D eigenvalue weighted by Gasteiger charge is -2.07. The molecule has 74 valence electrons. The van der Waals surface area contributed by atoms with Gasteiger partial charge >= 0.3 is 0 Å². The van der Waals surface area contributed by atoms with Gasteiger partial charge in [0.15, 0.2) is 0 Å². The Morgan fingerprint density at radius 2 is 1.69 bits per heavy atom. The Morgan fingerprint density at radius 1 is 1.08 bits per heavy atom. The van der Waals surface area contributed by atoms with Gasteiger partial charge in [-0.05, 0) is 25.0 Å². The summed E-state index contributed by atoms with van der Waals surface area (Å²) in [4.78, 5) is 0. The molecule has 1 heteroatoms. The quantitative estimate of drug-likeness (QED) is 0.746. The normalized spacial score (nSPS) is 8.62. The standard InChI is InChI=1S/C10H15N.C2H6/c1-3-9-7-5-6-8-10(9)11-4-2;1-2/h5-8,11H,3-4H2,1-2H3;1-2H3. The number of anilines is 1. The molecule has 0 spiro atoms. The van der Waals surface area contributed by atoms with Crippen LogP contribution in [0.2, 0.25) is 0 Å². The first-order valence-electron chi connectivity index (χ1n) is 5.20. The molecule has 1 aromatic carbocycles. The van der Waals surface area contributed by atoms with Crippen LogP contribution < -0.4 is 5.32 Å². The third-order valence-corrected chi connectivity index (χ3v) is 1.77. The van der Waals surface area contributed by atoms with E-state index in [0.29, 0.717) is 0 Å². The molecule has 1 N–H and O–H groups in total. The minimum atomic E-state index is 0.997. The summed E-state index contributed by atoms with van der Waals surface area (Å²) in [6.45, 7) is 9.29. The van der Waals surface area contributed by atoms with Gasteiger partial charge in [0.1, 0.15) is 0 Å². The molecule has 1 aromatic rings. The Labute approximate surface area is 82.2 Å². The Kier molecular flexibility index (Phi) is 7.08. The second-order valence-corrected chi connectivity index (χ2v) is 2.54. The summed E-state index contributed by atoms with van der Waals surface area (Å²) in [6, 6.07) is 8.44. The monoisotopic (exact) mass is 179 g/mol. The summed E-state index contributed by atoms with van der Waals surface area (Å²) < 4.78 is 0. The molecule has 0 aliphatic carbocycles. The van der Waals surface area contributed by atoms with Crippen LogP contribution in [-0.4, -0.2) is 6.54 Å². The predicted octanol–water partition coefficient (Wildman–Crippen LogP) is 3.71. The van der Waals surface area contributed by atoms with Gasteiger partial charge < -0.3 is 5.32 Å². The summed E-state index contributed by atoms with van der Waals surface area (Å²) >= 11 is 0. The highest BCUT2D eigenvalue weighted by atomic mass is 14.9. The highest BCUT2D eigenvalue weighted by molar-refractivity contribution is 5.50. The smallest absolute Gasteiger partial charge is 0.0372 e. The van der Waals surface area contributed by atoms with Gasteiger partial charge in [-0.15, -0.1) is 0 Å². The minimum absolute atomic E-state index is 0.997. The number of rotatable bonds is 3. The fourth-order valence-corrected chi connectivity index (χ4v) is 1.19. The van der Waals surface area contributed by atoms with Crippen molar-refractivity contribution in [3.05, 3.63) is 29.8 Å². The second kappa shape index (κ2) is 7.66. The zero-order valence-electron chi connectivity index (χ0n) is 9.22. The molecule has 0 fully saturated rings. The second-order valence-electron chi connectivity index (χ2n) is 2.54. The molecule has 0 bridgehead atoms. The largest absolute Gasteiger partial charge is 0.385 e. The van der Waals surface area contributed by atoms with E-state index in [4.69, 9.17) is 0 Å². The molecule has 0 aromatic heterocycles. The van der Waals surface area contributed by atoms with Crippen molar-refractivity contribution in [2.24, 2.45) is 0 Å². The fraction of sp³-hybridized carbons (Fsp3) is 0.500. The van der Waals surface area contributed by atoms with Crippen molar-refractivity contribution in [3.63, 3.8) is 0 Å². The summed E-state index contributed by atoms with van der Waals surface area (Å²) in [5.74, 6) is 0. The van der Waals surface area contributed by atoms with Crippen molar-refractivity contribution in [2.45, 2.75) is 34.1 Å². The third kappa shape index (κ3) is 3.97. The number of hydrogen-bond donors (Lipinski definition) is 1. The van der Waals surface area contributed by atoms with Crippen molar-refractivity contribution in [3.8, 4) is 0 Å². The Balaban J connectivity index is 0.000000671. The molecule has 0 unspecified atom stereocenters. The molecule has 0 aliphatic rings. The molecule has 0 heterocycles. The average molecular weight is 179 g/mol. The lowest BCUT2D eigenvalue weighted by atomic mass is 10.1. The molecule has 1 nitrogen and oxygen atoms in total. The number of nitrogens with one attached hydrogen (secondary N) is 1. The maximum absolute atomic E-state index is 3.33. The van der Waals surface area contributed by atoms with E-state index in [1.807, 2.05) is 13.8 Å². The van der Waals surface area contributed by atoms with Gasteiger partial charge in [0.2, 0.25) is 0 Å². The van der Waals surface area contributed by atoms with Crippen molar-refractivity contribution in [1.82, 2.24) is 0 Å². The van der Waals surface area contributed by atoms with E-state index in [2.05, 4.69) is 43.4 Å². The molecule has 1 rings (SSSR count). The average Bonchev–Trinajstić information content (AvgIpc) is 2.22. The van der Waals surface area contributed by atoms with Gasteiger partial charge in [-0.25, -0.2) is 0 Å². The van der Waals surface area contributed by atoms with Gasteiger partial charge in [0.05, 0.1) is 0 Å². The minimum Gasteiger partial charge on any atom is -0.385 e. The van der Waals surface area contributed by atoms with E-state index < -0.39 is 0 Å². The van der Waals surface area contributed by atoms with Gasteiger partial charge in [0.25, 0.3) is 0 Å². The SMILES string of the molecule is CC.CCNc1ccccc1CC. The van der Waals surface area contributed by atoms with Crippen LogP contribution in [0, 0.1) is 0 Å². The Bertz CT molecular complexity index is 218. The number of benzene rings is 1. The van der Waals surface area contributed by atoms with Crippen LogP contribution in [0.25, 0.3) is 0 Å². The van der Waals surface area contributed by atoms with E-state index in [1.165, 1.54) is 11.3 Å². The number of para-hydroxylation sites is 1. The van der Waals surface area contributed by atoms with Gasteiger partial charge in [-0.3, -0.25) is 0 Å². The van der Waals surface area contributed by atoms with Crippen LogP contribution in [0.5, 0.6) is 0 Å². The first-order valence-corrected chi connectivity index (χ1v) is 5.20. The molecule has 0 saturated heterocycles. The van der Waals surface area contributed by atoms with Gasteiger partial charge in [-0.2, -0.15) is 0 Å². The first kappa shape index (κ1) is 12.0. The highest BCUT2D eigenvalue weighted by Gasteiger charge is 1.95. The van der Waals surface area contributed by atoms with Crippen LogP contribution in [-0.2, 0) is 6.42 Å². The zero-order valence-corrected chi connectivity index (χ0v) is 9.22. The number of hydrogen-bond acceptors (Lipinski definition) is 1. The first-order chi connectivity index (χ1) is 6.38. The summed E-state index contributed by atoms with van der Waals surface area (Å²) in [6.07, 6.45) is 1.10. The third-order valence-electron chi connectivity index (χ3n) is 1.77. The fourth-order valence-electron chi connectivity index (χ4n) is 1.19. The van der Waals surface area contributed by atoms with Gasteiger partial charge in [-0.1, -0.05) is 39.0 Å². The zero-order chi connectivity index (χ0) is 10.1. The molecule has 13 heavy (non-hydrogen) atoms. The Hall–Kier alpha value is -0.980. The molecular formula is C12H21N. The summed E-state index contributed by atoms with van der Waals surface area (Å²) in [7, 11) is 0. The topological polar surface area (TPSA) is 12.0 Å². The molecule has 0 aliphatic heterocycles. The van der Waals surface area contributed by atoms with Crippen molar-refractivity contribution in [1.29, 1.82) is 0 Å². The molecule has 0 amide bonds. The van der Waals surface area contributed by atoms with Crippen molar-refractivity contribution in [2.75, 3.05) is 11.9 Å². The molecule has 0 atom stereocenters. The molecule has 0 saturated carbocycles. The van der Waals surface area contributed by atoms with Crippen LogP contribution in [0.1, 0.15) is 33.3 Å². The van der Waals surface area contributed by atoms with E-state index in [1.54, 1.807) is 0 Å². The van der Waals surface area contributed by atoms with Gasteiger partial charge in [0, 0.05) is 12.2 Å². The molecule has 0 radical (unpaired) electrons. The maximum Gasteiger partial charge on any atom is 0.0372 e. The maximum atomic E-state index is 3.33. The number of aryl methyl sites for hydroxylation is 1. The van der Waals surface area contributed by atoms with E-state index in [0.717, 1.165) is 13.0 Å². The van der Waals surface area contributed by atoms with Crippen LogP contribution >= 0.6 is 0 Å². The van der Waals surface area contributed by atoms with E-state index in [-0.39, 0.29) is 0 Å². The van der Waals surface area contributed by atoms with Crippen molar-refractivity contribution >= 4 is 5.69 Å². The van der Waals surface area contributed by atoms with Crippen molar-refractivity contribution < 1.29 is 0 Å². The lowest BCUT2D eigenvalue weighted by Crippen LogP contribution is -1.99. The summed E-state index contributed by atoms with van der Waals surface area (Å²) in [5.41, 5.74) is 2.67. The van der Waals surface area contributed by atoms with Crippen LogP contribution in [0.4, 0.5) is 5.69 Å². The summed E-state index contributed by atoms with van der Waals surface area (Å²) in [5, 5.41) is 3.33.